The molecule has 0 bridgehead atoms. The number of aliphatic hydroxyl groups excluding tert-OH is 1. The van der Waals surface area contributed by atoms with E-state index in [0.29, 0.717) is 11.3 Å². The number of aryl methyl sites for hydroxylation is 2. The molecule has 0 radical (unpaired) electrons. The maximum atomic E-state index is 12.6. The summed E-state index contributed by atoms with van der Waals surface area (Å²) in [5.41, 5.74) is 8.13. The van der Waals surface area contributed by atoms with Crippen LogP contribution in [0, 0.1) is 13.8 Å². The van der Waals surface area contributed by atoms with Crippen LogP contribution in [0.1, 0.15) is 27.0 Å². The van der Waals surface area contributed by atoms with E-state index in [1.165, 1.54) is 0 Å². The molecule has 0 aliphatic heterocycles. The van der Waals surface area contributed by atoms with Gasteiger partial charge >= 0.3 is 5.91 Å². The highest BCUT2D eigenvalue weighted by molar-refractivity contribution is 6.41. The van der Waals surface area contributed by atoms with Gasteiger partial charge in [-0.2, -0.15) is 0 Å². The summed E-state index contributed by atoms with van der Waals surface area (Å²) in [6.07, 6.45) is 0.823. The quantitative estimate of drug-likeness (QED) is 0.205. The second-order valence-electron chi connectivity index (χ2n) is 7.16. The van der Waals surface area contributed by atoms with Gasteiger partial charge in [-0.25, -0.2) is 0 Å². The Hall–Kier alpha value is -4.39. The van der Waals surface area contributed by atoms with Gasteiger partial charge in [0.1, 0.15) is 5.76 Å². The van der Waals surface area contributed by atoms with Crippen molar-refractivity contribution in [3.05, 3.63) is 101 Å². The molecule has 0 heterocycles. The Morgan fingerprint density at radius 1 is 0.812 bits per heavy atom. The summed E-state index contributed by atoms with van der Waals surface area (Å²) < 4.78 is 0. The van der Waals surface area contributed by atoms with Gasteiger partial charge in [0.05, 0.1) is 11.3 Å². The van der Waals surface area contributed by atoms with E-state index in [4.69, 9.17) is 0 Å². The smallest absolute Gasteiger partial charge is 0.310 e. The van der Waals surface area contributed by atoms with Gasteiger partial charge < -0.3 is 10.4 Å². The molecular formula is C25H23N3O4. The molecule has 4 N–H and O–H groups in total. The van der Waals surface area contributed by atoms with E-state index in [1.54, 1.807) is 43.3 Å². The molecule has 0 aromatic heterocycles. The second kappa shape index (κ2) is 10.1. The number of nitrogens with one attached hydrogen (secondary N) is 3. The summed E-state index contributed by atoms with van der Waals surface area (Å²) in [4.78, 5) is 36.8. The molecule has 162 valence electrons. The van der Waals surface area contributed by atoms with E-state index in [9.17, 15) is 19.5 Å². The molecule has 7 nitrogen and oxygen atoms in total. The summed E-state index contributed by atoms with van der Waals surface area (Å²) >= 11 is 0. The lowest BCUT2D eigenvalue weighted by atomic mass is 10.0. The highest BCUT2D eigenvalue weighted by atomic mass is 16.3. The van der Waals surface area contributed by atoms with Crippen LogP contribution in [0.5, 0.6) is 0 Å². The van der Waals surface area contributed by atoms with Gasteiger partial charge in [0.25, 0.3) is 5.91 Å². The van der Waals surface area contributed by atoms with Gasteiger partial charge in [-0.3, -0.25) is 25.2 Å². The molecule has 0 aliphatic carbocycles. The first kappa shape index (κ1) is 22.3. The van der Waals surface area contributed by atoms with E-state index >= 15 is 0 Å². The molecule has 0 unspecified atom stereocenters. The molecule has 7 heteroatoms. The van der Waals surface area contributed by atoms with Crippen molar-refractivity contribution >= 4 is 34.7 Å². The minimum atomic E-state index is -1.08. The van der Waals surface area contributed by atoms with Gasteiger partial charge in [0, 0.05) is 17.3 Å². The first-order valence-corrected chi connectivity index (χ1v) is 9.89. The first-order valence-electron chi connectivity index (χ1n) is 9.89. The lowest BCUT2D eigenvalue weighted by Gasteiger charge is -2.12. The number of aliphatic hydroxyl groups is 1. The number of benzene rings is 3. The monoisotopic (exact) mass is 429 g/mol. The summed E-state index contributed by atoms with van der Waals surface area (Å²) in [5, 5.41) is 13.3. The SMILES string of the molecule is Cc1ccc(C(O)=CC(=O)C(=O)NNC(=O)c2ccccc2Nc2ccccc2)c(C)c1. The number of carbonyl (C=O) groups is 3. The maximum absolute atomic E-state index is 12.6. The van der Waals surface area contributed by atoms with Crippen molar-refractivity contribution in [2.24, 2.45) is 0 Å². The van der Waals surface area contributed by atoms with Crippen LogP contribution >= 0.6 is 0 Å². The van der Waals surface area contributed by atoms with E-state index in [2.05, 4.69) is 16.2 Å². The van der Waals surface area contributed by atoms with E-state index in [-0.39, 0.29) is 11.3 Å². The standard InChI is InChI=1S/C25H23N3O4/c1-16-12-13-19(17(2)14-16)22(29)15-23(30)25(32)28-27-24(31)20-10-6-7-11-21(20)26-18-8-4-3-5-9-18/h3-15,26,29H,1-2H3,(H,27,31)(H,28,32). The van der Waals surface area contributed by atoms with Crippen LogP contribution in [0.4, 0.5) is 11.4 Å². The zero-order valence-corrected chi connectivity index (χ0v) is 17.7. The van der Waals surface area contributed by atoms with Gasteiger partial charge in [0.15, 0.2) is 0 Å². The normalized spacial score (nSPS) is 10.9. The third kappa shape index (κ3) is 5.60. The number of carbonyl (C=O) groups excluding carboxylic acids is 3. The fraction of sp³-hybridized carbons (Fsp3) is 0.0800. The van der Waals surface area contributed by atoms with Crippen LogP contribution in [0.3, 0.4) is 0 Å². The van der Waals surface area contributed by atoms with Gasteiger partial charge in [-0.1, -0.05) is 54.1 Å². The van der Waals surface area contributed by atoms with Crippen molar-refractivity contribution in [2.75, 3.05) is 5.32 Å². The van der Waals surface area contributed by atoms with Gasteiger partial charge in [0.2, 0.25) is 5.78 Å². The van der Waals surface area contributed by atoms with Gasteiger partial charge in [-0.05, 0) is 43.7 Å². The predicted molar refractivity (Wildman–Crippen MR) is 123 cm³/mol. The van der Waals surface area contributed by atoms with Crippen LogP contribution in [0.2, 0.25) is 0 Å². The van der Waals surface area contributed by atoms with Crippen LogP contribution in [-0.2, 0) is 9.59 Å². The summed E-state index contributed by atoms with van der Waals surface area (Å²) in [6.45, 7) is 3.70. The Morgan fingerprint density at radius 2 is 1.50 bits per heavy atom. The Kier molecular flexibility index (Phi) is 7.02. The summed E-state index contributed by atoms with van der Waals surface area (Å²) in [6, 6.07) is 21.4. The van der Waals surface area contributed by atoms with E-state index < -0.39 is 17.6 Å². The highest BCUT2D eigenvalue weighted by Crippen LogP contribution is 2.20. The Balaban J connectivity index is 1.65. The van der Waals surface area contributed by atoms with Crippen molar-refractivity contribution in [3.8, 4) is 0 Å². The van der Waals surface area contributed by atoms with Crippen LogP contribution in [0.15, 0.2) is 78.9 Å². The summed E-state index contributed by atoms with van der Waals surface area (Å²) in [7, 11) is 0. The molecule has 0 saturated carbocycles. The molecule has 3 aromatic rings. The van der Waals surface area contributed by atoms with Crippen molar-refractivity contribution in [3.63, 3.8) is 0 Å². The largest absolute Gasteiger partial charge is 0.507 e. The average Bonchev–Trinajstić information content (AvgIpc) is 2.78. The molecule has 2 amide bonds. The maximum Gasteiger partial charge on any atom is 0.310 e. The Morgan fingerprint density at radius 3 is 2.22 bits per heavy atom. The fourth-order valence-electron chi connectivity index (χ4n) is 3.08. The minimum absolute atomic E-state index is 0.276. The molecule has 32 heavy (non-hydrogen) atoms. The molecule has 0 fully saturated rings. The number of ketones is 1. The minimum Gasteiger partial charge on any atom is -0.507 e. The number of anilines is 2. The molecule has 3 aromatic carbocycles. The first-order chi connectivity index (χ1) is 15.3. The average molecular weight is 429 g/mol. The molecule has 0 atom stereocenters. The van der Waals surface area contributed by atoms with Crippen LogP contribution in [0.25, 0.3) is 5.76 Å². The summed E-state index contributed by atoms with van der Waals surface area (Å²) in [5.74, 6) is -3.01. The van der Waals surface area contributed by atoms with Gasteiger partial charge in [-0.15, -0.1) is 0 Å². The lowest BCUT2D eigenvalue weighted by Crippen LogP contribution is -2.44. The molecule has 0 saturated heterocycles. The topological polar surface area (TPSA) is 108 Å². The van der Waals surface area contributed by atoms with Crippen LogP contribution in [-0.4, -0.2) is 22.7 Å². The number of hydrazine groups is 1. The molecule has 0 spiro atoms. The number of hydrogen-bond acceptors (Lipinski definition) is 5. The van der Waals surface area contributed by atoms with E-state index in [1.807, 2.05) is 43.3 Å². The van der Waals surface area contributed by atoms with Crippen LogP contribution < -0.4 is 16.2 Å². The molecular weight excluding hydrogens is 406 g/mol. The second-order valence-corrected chi connectivity index (χ2v) is 7.16. The van der Waals surface area contributed by atoms with Crippen molar-refractivity contribution in [2.45, 2.75) is 13.8 Å². The number of hydrogen-bond donors (Lipinski definition) is 4. The van der Waals surface area contributed by atoms with Crippen molar-refractivity contribution in [1.29, 1.82) is 0 Å². The highest BCUT2D eigenvalue weighted by Gasteiger charge is 2.17. The zero-order valence-electron chi connectivity index (χ0n) is 17.7. The fourth-order valence-corrected chi connectivity index (χ4v) is 3.08. The molecule has 3 rings (SSSR count). The zero-order chi connectivity index (χ0) is 23.1. The number of rotatable bonds is 6. The third-order valence-electron chi connectivity index (χ3n) is 4.66. The van der Waals surface area contributed by atoms with Crippen molar-refractivity contribution in [1.82, 2.24) is 10.9 Å². The predicted octanol–water partition coefficient (Wildman–Crippen LogP) is 3.98. The molecule has 0 aliphatic rings. The third-order valence-corrected chi connectivity index (χ3v) is 4.66. The van der Waals surface area contributed by atoms with E-state index in [0.717, 1.165) is 22.9 Å². The number of para-hydroxylation sites is 2. The lowest BCUT2D eigenvalue weighted by molar-refractivity contribution is -0.135. The Bertz CT molecular complexity index is 1190. The van der Waals surface area contributed by atoms with Crippen molar-refractivity contribution < 1.29 is 19.5 Å². The Labute approximate surface area is 185 Å². The number of amides is 2.